The lowest BCUT2D eigenvalue weighted by molar-refractivity contribution is 0.431. The van der Waals surface area contributed by atoms with Gasteiger partial charge in [-0.15, -0.1) is 0 Å². The number of hydrogen-bond donors (Lipinski definition) is 1. The number of nitrogens with zero attached hydrogens (tertiary/aromatic N) is 3. The Labute approximate surface area is 93.9 Å². The summed E-state index contributed by atoms with van der Waals surface area (Å²) >= 11 is 0. The van der Waals surface area contributed by atoms with E-state index in [-0.39, 0.29) is 0 Å². The van der Waals surface area contributed by atoms with Gasteiger partial charge in [-0.3, -0.25) is 0 Å². The number of hydrogen-bond acceptors (Lipinski definition) is 5. The first-order valence-corrected chi connectivity index (χ1v) is 5.01. The summed E-state index contributed by atoms with van der Waals surface area (Å²) < 4.78 is 5.15. The van der Waals surface area contributed by atoms with Crippen molar-refractivity contribution in [2.24, 2.45) is 5.73 Å². The fourth-order valence-electron chi connectivity index (χ4n) is 1.30. The molecule has 2 aromatic rings. The lowest BCUT2D eigenvalue weighted by atomic mass is 10.1. The van der Waals surface area contributed by atoms with Crippen LogP contribution < -0.4 is 10.6 Å². The lowest BCUT2D eigenvalue weighted by Crippen LogP contribution is -2.10. The second-order valence-corrected chi connectivity index (χ2v) is 3.70. The van der Waals surface area contributed by atoms with Crippen LogP contribution in [0.1, 0.15) is 5.56 Å². The van der Waals surface area contributed by atoms with Gasteiger partial charge in [0.25, 0.3) is 11.8 Å². The highest BCUT2D eigenvalue weighted by atomic mass is 16.5. The lowest BCUT2D eigenvalue weighted by Gasteiger charge is -2.02. The van der Waals surface area contributed by atoms with Gasteiger partial charge in [-0.05, 0) is 22.9 Å². The smallest absolute Gasteiger partial charge is 0.265 e. The van der Waals surface area contributed by atoms with Gasteiger partial charge in [-0.1, -0.05) is 12.1 Å². The molecule has 0 spiro atoms. The van der Waals surface area contributed by atoms with E-state index < -0.39 is 0 Å². The van der Waals surface area contributed by atoms with E-state index in [9.17, 15) is 0 Å². The Morgan fingerprint density at radius 1 is 1.25 bits per heavy atom. The van der Waals surface area contributed by atoms with E-state index in [1.165, 1.54) is 0 Å². The second-order valence-electron chi connectivity index (χ2n) is 3.70. The summed E-state index contributed by atoms with van der Waals surface area (Å²) in [5.41, 5.74) is 7.50. The maximum Gasteiger partial charge on any atom is 0.265 e. The highest BCUT2D eigenvalue weighted by Gasteiger charge is 2.09. The van der Waals surface area contributed by atoms with Crippen LogP contribution in [-0.4, -0.2) is 24.2 Å². The van der Waals surface area contributed by atoms with Crippen LogP contribution in [0.15, 0.2) is 28.8 Å². The number of anilines is 1. The zero-order valence-corrected chi connectivity index (χ0v) is 9.34. The van der Waals surface area contributed by atoms with Gasteiger partial charge in [0.1, 0.15) is 0 Å². The van der Waals surface area contributed by atoms with Crippen LogP contribution in [0.2, 0.25) is 0 Å². The first kappa shape index (κ1) is 10.6. The maximum atomic E-state index is 5.52. The van der Waals surface area contributed by atoms with Gasteiger partial charge in [0.2, 0.25) is 0 Å². The third-order valence-corrected chi connectivity index (χ3v) is 2.25. The molecule has 84 valence electrons. The Bertz CT molecular complexity index is 461. The van der Waals surface area contributed by atoms with Crippen LogP contribution in [0.25, 0.3) is 11.5 Å². The van der Waals surface area contributed by atoms with Crippen molar-refractivity contribution >= 4 is 5.95 Å². The van der Waals surface area contributed by atoms with Crippen molar-refractivity contribution in [3.05, 3.63) is 29.8 Å². The molecule has 0 bridgehead atoms. The molecule has 0 saturated carbocycles. The predicted molar refractivity (Wildman–Crippen MR) is 62.0 cm³/mol. The summed E-state index contributed by atoms with van der Waals surface area (Å²) in [6.45, 7) is 0.535. The Hall–Kier alpha value is -1.88. The van der Waals surface area contributed by atoms with Crippen LogP contribution in [0.5, 0.6) is 0 Å². The minimum Gasteiger partial charge on any atom is -0.344 e. The predicted octanol–water partition coefficient (Wildman–Crippen LogP) is 1.26. The minimum atomic E-state index is 0.521. The van der Waals surface area contributed by atoms with Gasteiger partial charge in [-0.25, -0.2) is 0 Å². The van der Waals surface area contributed by atoms with Crippen molar-refractivity contribution in [2.75, 3.05) is 19.0 Å². The molecule has 5 heteroatoms. The summed E-state index contributed by atoms with van der Waals surface area (Å²) in [6, 6.07) is 7.76. The quantitative estimate of drug-likeness (QED) is 0.840. The van der Waals surface area contributed by atoms with Crippen molar-refractivity contribution in [3.63, 3.8) is 0 Å². The molecule has 1 aromatic carbocycles. The molecule has 0 amide bonds. The van der Waals surface area contributed by atoms with Crippen LogP contribution in [0.3, 0.4) is 0 Å². The number of rotatable bonds is 3. The molecule has 0 saturated heterocycles. The third kappa shape index (κ3) is 2.04. The standard InChI is InChI=1S/C11H14N4O/c1-15(2)11-13-10(16-14-11)9-5-3-8(7-12)4-6-9/h3-6H,7,12H2,1-2H3. The summed E-state index contributed by atoms with van der Waals surface area (Å²) in [4.78, 5) is 6.05. The molecule has 0 atom stereocenters. The minimum absolute atomic E-state index is 0.521. The van der Waals surface area contributed by atoms with E-state index in [1.54, 1.807) is 4.90 Å². The molecule has 0 aliphatic heterocycles. The molecular weight excluding hydrogens is 204 g/mol. The van der Waals surface area contributed by atoms with Gasteiger partial charge in [0, 0.05) is 26.2 Å². The normalized spacial score (nSPS) is 10.4. The molecule has 0 radical (unpaired) electrons. The van der Waals surface area contributed by atoms with E-state index in [2.05, 4.69) is 10.1 Å². The van der Waals surface area contributed by atoms with E-state index in [0.29, 0.717) is 18.4 Å². The SMILES string of the molecule is CN(C)c1noc(-c2ccc(CN)cc2)n1. The molecule has 0 unspecified atom stereocenters. The van der Waals surface area contributed by atoms with Crippen molar-refractivity contribution in [2.45, 2.75) is 6.54 Å². The molecule has 0 aliphatic rings. The molecule has 16 heavy (non-hydrogen) atoms. The Kier molecular flexibility index (Phi) is 2.87. The zero-order valence-electron chi connectivity index (χ0n) is 9.34. The molecule has 2 rings (SSSR count). The largest absolute Gasteiger partial charge is 0.344 e. The molecule has 1 aromatic heterocycles. The average Bonchev–Trinajstić information content (AvgIpc) is 2.78. The first-order valence-electron chi connectivity index (χ1n) is 5.01. The van der Waals surface area contributed by atoms with Crippen molar-refractivity contribution in [3.8, 4) is 11.5 Å². The van der Waals surface area contributed by atoms with E-state index >= 15 is 0 Å². The molecular formula is C11H14N4O. The highest BCUT2D eigenvalue weighted by molar-refractivity contribution is 5.54. The number of aromatic nitrogens is 2. The van der Waals surface area contributed by atoms with E-state index in [1.807, 2.05) is 38.4 Å². The van der Waals surface area contributed by atoms with Crippen LogP contribution in [0, 0.1) is 0 Å². The Morgan fingerprint density at radius 3 is 2.44 bits per heavy atom. The van der Waals surface area contributed by atoms with Crippen molar-refractivity contribution in [1.82, 2.24) is 10.1 Å². The molecule has 5 nitrogen and oxygen atoms in total. The summed E-state index contributed by atoms with van der Waals surface area (Å²) in [5, 5.41) is 3.85. The summed E-state index contributed by atoms with van der Waals surface area (Å²) in [6.07, 6.45) is 0. The monoisotopic (exact) mass is 218 g/mol. The third-order valence-electron chi connectivity index (χ3n) is 2.25. The Balaban J connectivity index is 2.28. The second kappa shape index (κ2) is 4.32. The van der Waals surface area contributed by atoms with E-state index in [4.69, 9.17) is 10.3 Å². The summed E-state index contributed by atoms with van der Waals surface area (Å²) in [7, 11) is 3.73. The zero-order chi connectivity index (χ0) is 11.5. The van der Waals surface area contributed by atoms with Gasteiger partial charge < -0.3 is 15.2 Å². The topological polar surface area (TPSA) is 68.2 Å². The van der Waals surface area contributed by atoms with E-state index in [0.717, 1.165) is 11.1 Å². The van der Waals surface area contributed by atoms with Gasteiger partial charge in [0.05, 0.1) is 0 Å². The molecule has 0 aliphatic carbocycles. The van der Waals surface area contributed by atoms with Crippen LogP contribution >= 0.6 is 0 Å². The van der Waals surface area contributed by atoms with Crippen LogP contribution in [-0.2, 0) is 6.54 Å². The molecule has 0 fully saturated rings. The molecule has 1 heterocycles. The van der Waals surface area contributed by atoms with Crippen LogP contribution in [0.4, 0.5) is 5.95 Å². The van der Waals surface area contributed by atoms with Crippen molar-refractivity contribution in [1.29, 1.82) is 0 Å². The fourth-order valence-corrected chi connectivity index (χ4v) is 1.30. The van der Waals surface area contributed by atoms with Gasteiger partial charge in [-0.2, -0.15) is 4.98 Å². The number of benzene rings is 1. The maximum absolute atomic E-state index is 5.52. The number of nitrogens with two attached hydrogens (primary N) is 1. The molecule has 2 N–H and O–H groups in total. The first-order chi connectivity index (χ1) is 7.70. The highest BCUT2D eigenvalue weighted by Crippen LogP contribution is 2.19. The summed E-state index contributed by atoms with van der Waals surface area (Å²) in [5.74, 6) is 1.09. The van der Waals surface area contributed by atoms with Gasteiger partial charge in [0.15, 0.2) is 0 Å². The van der Waals surface area contributed by atoms with Crippen molar-refractivity contribution < 1.29 is 4.52 Å². The fraction of sp³-hybridized carbons (Fsp3) is 0.273. The van der Waals surface area contributed by atoms with Gasteiger partial charge >= 0.3 is 0 Å². The Morgan fingerprint density at radius 2 is 1.94 bits per heavy atom. The average molecular weight is 218 g/mol.